The highest BCUT2D eigenvalue weighted by Crippen LogP contribution is 2.41. The summed E-state index contributed by atoms with van der Waals surface area (Å²) in [6, 6.07) is 0. The number of rotatable bonds is 3. The molecule has 90 valence electrons. The molecule has 1 N–H and O–H groups in total. The number of carbonyl (C=O) groups is 1. The maximum atomic E-state index is 12.4. The van der Waals surface area contributed by atoms with Gasteiger partial charge in [-0.1, -0.05) is 0 Å². The van der Waals surface area contributed by atoms with Gasteiger partial charge in [0, 0.05) is 0 Å². The van der Waals surface area contributed by atoms with Gasteiger partial charge in [0.15, 0.2) is 5.60 Å². The molecule has 3 nitrogen and oxygen atoms in total. The van der Waals surface area contributed by atoms with Gasteiger partial charge in [-0.3, -0.25) is 0 Å². The molecule has 0 rings (SSSR count). The van der Waals surface area contributed by atoms with Gasteiger partial charge in [-0.25, -0.2) is 4.79 Å². The van der Waals surface area contributed by atoms with Crippen molar-refractivity contribution in [3.05, 3.63) is 0 Å². The predicted octanol–water partition coefficient (Wildman–Crippen LogP) is 1.50. The quantitative estimate of drug-likeness (QED) is 0.596. The van der Waals surface area contributed by atoms with Gasteiger partial charge in [-0.2, -0.15) is 22.0 Å². The minimum atomic E-state index is -5.81. The zero-order chi connectivity index (χ0) is 12.5. The average Bonchev–Trinajstić information content (AvgIpc) is 1.98. The number of ether oxygens (including phenoxy) is 1. The van der Waals surface area contributed by atoms with Crippen molar-refractivity contribution in [2.24, 2.45) is 0 Å². The molecule has 0 spiro atoms. The summed E-state index contributed by atoms with van der Waals surface area (Å²) in [4.78, 5) is 10.7. The third-order valence-corrected chi connectivity index (χ3v) is 1.61. The van der Waals surface area contributed by atoms with E-state index >= 15 is 0 Å². The molecule has 0 radical (unpaired) electrons. The predicted molar refractivity (Wildman–Crippen MR) is 38.3 cm³/mol. The third-order valence-electron chi connectivity index (χ3n) is 1.61. The first-order valence-electron chi connectivity index (χ1n) is 3.69. The third kappa shape index (κ3) is 3.29. The molecule has 0 aromatic carbocycles. The summed E-state index contributed by atoms with van der Waals surface area (Å²) >= 11 is 0. The lowest BCUT2D eigenvalue weighted by molar-refractivity contribution is -0.295. The highest BCUT2D eigenvalue weighted by molar-refractivity contribution is 5.78. The van der Waals surface area contributed by atoms with Crippen LogP contribution < -0.4 is 0 Å². The SMILES string of the molecule is COC(=O)C(C)(O)CC(F)(F)C(F)(F)F. The molecule has 0 aromatic heterocycles. The van der Waals surface area contributed by atoms with E-state index in [4.69, 9.17) is 5.11 Å². The lowest BCUT2D eigenvalue weighted by Gasteiger charge is -2.27. The summed E-state index contributed by atoms with van der Waals surface area (Å²) in [6.45, 7) is 0.526. The Morgan fingerprint density at radius 1 is 1.27 bits per heavy atom. The van der Waals surface area contributed by atoms with E-state index in [1.165, 1.54) is 0 Å². The fourth-order valence-electron chi connectivity index (χ4n) is 0.825. The van der Waals surface area contributed by atoms with E-state index in [-0.39, 0.29) is 0 Å². The minimum absolute atomic E-state index is 0.526. The van der Waals surface area contributed by atoms with Crippen LogP contribution in [0.1, 0.15) is 13.3 Å². The summed E-state index contributed by atoms with van der Waals surface area (Å²) in [5.41, 5.74) is -2.88. The van der Waals surface area contributed by atoms with Crippen molar-refractivity contribution in [1.82, 2.24) is 0 Å². The molecule has 0 aliphatic rings. The Morgan fingerprint density at radius 2 is 1.67 bits per heavy atom. The van der Waals surface area contributed by atoms with E-state index in [1.807, 2.05) is 0 Å². The number of hydrogen-bond acceptors (Lipinski definition) is 3. The van der Waals surface area contributed by atoms with Gasteiger partial charge < -0.3 is 9.84 Å². The highest BCUT2D eigenvalue weighted by Gasteiger charge is 2.61. The lowest BCUT2D eigenvalue weighted by atomic mass is 9.97. The van der Waals surface area contributed by atoms with E-state index in [0.29, 0.717) is 6.92 Å². The largest absolute Gasteiger partial charge is 0.467 e. The van der Waals surface area contributed by atoms with E-state index in [1.54, 1.807) is 0 Å². The number of aliphatic hydroxyl groups is 1. The monoisotopic (exact) mass is 236 g/mol. The van der Waals surface area contributed by atoms with Crippen LogP contribution in [0, 0.1) is 0 Å². The summed E-state index contributed by atoms with van der Waals surface area (Å²) in [7, 11) is 0.766. The number of halogens is 5. The number of methoxy groups -OCH3 is 1. The van der Waals surface area contributed by atoms with Crippen molar-refractivity contribution < 1.29 is 36.6 Å². The van der Waals surface area contributed by atoms with E-state index in [0.717, 1.165) is 7.11 Å². The van der Waals surface area contributed by atoms with E-state index in [2.05, 4.69) is 4.74 Å². The molecule has 1 atom stereocenters. The molecule has 0 aromatic rings. The topological polar surface area (TPSA) is 46.5 Å². The van der Waals surface area contributed by atoms with Crippen LogP contribution in [-0.4, -0.2) is 35.9 Å². The molecule has 15 heavy (non-hydrogen) atoms. The van der Waals surface area contributed by atoms with E-state index in [9.17, 15) is 26.7 Å². The Morgan fingerprint density at radius 3 is 1.93 bits per heavy atom. The van der Waals surface area contributed by atoms with Gasteiger partial charge in [-0.15, -0.1) is 0 Å². The van der Waals surface area contributed by atoms with Crippen molar-refractivity contribution in [3.8, 4) is 0 Å². The van der Waals surface area contributed by atoms with Crippen molar-refractivity contribution in [2.45, 2.75) is 31.0 Å². The van der Waals surface area contributed by atoms with Crippen LogP contribution in [0.25, 0.3) is 0 Å². The molecular formula is C7H9F5O3. The van der Waals surface area contributed by atoms with Gasteiger partial charge in [-0.05, 0) is 6.92 Å². The molecule has 0 saturated heterocycles. The summed E-state index contributed by atoms with van der Waals surface area (Å²) in [6.07, 6.45) is -7.89. The Labute approximate surface area is 81.8 Å². The second-order valence-corrected chi connectivity index (χ2v) is 3.14. The number of hydrogen-bond donors (Lipinski definition) is 1. The first kappa shape index (κ1) is 14.1. The maximum Gasteiger partial charge on any atom is 0.453 e. The Hall–Kier alpha value is -0.920. The number of alkyl halides is 5. The normalized spacial score (nSPS) is 17.1. The lowest BCUT2D eigenvalue weighted by Crippen LogP contribution is -2.48. The molecular weight excluding hydrogens is 227 g/mol. The second kappa shape index (κ2) is 3.92. The molecule has 1 unspecified atom stereocenters. The number of carbonyl (C=O) groups excluding carboxylic acids is 1. The second-order valence-electron chi connectivity index (χ2n) is 3.14. The van der Waals surface area contributed by atoms with Crippen LogP contribution in [-0.2, 0) is 9.53 Å². The average molecular weight is 236 g/mol. The van der Waals surface area contributed by atoms with E-state index < -0.39 is 30.1 Å². The Balaban J connectivity index is 4.80. The summed E-state index contributed by atoms with van der Waals surface area (Å²) < 4.78 is 63.9. The zero-order valence-corrected chi connectivity index (χ0v) is 7.86. The molecule has 0 heterocycles. The fraction of sp³-hybridized carbons (Fsp3) is 0.857. The van der Waals surface area contributed by atoms with Crippen LogP contribution in [0.4, 0.5) is 22.0 Å². The van der Waals surface area contributed by atoms with Crippen molar-refractivity contribution >= 4 is 5.97 Å². The van der Waals surface area contributed by atoms with Gasteiger partial charge in [0.1, 0.15) is 0 Å². The summed E-state index contributed by atoms with van der Waals surface area (Å²) in [5, 5.41) is 9.03. The van der Waals surface area contributed by atoms with Crippen LogP contribution in [0.15, 0.2) is 0 Å². The van der Waals surface area contributed by atoms with Crippen LogP contribution in [0.2, 0.25) is 0 Å². The maximum absolute atomic E-state index is 12.4. The Kier molecular flexibility index (Phi) is 3.67. The molecule has 8 heteroatoms. The number of esters is 1. The smallest absolute Gasteiger partial charge is 0.453 e. The van der Waals surface area contributed by atoms with Crippen LogP contribution in [0.5, 0.6) is 0 Å². The molecule has 0 aliphatic carbocycles. The fourth-order valence-corrected chi connectivity index (χ4v) is 0.825. The first-order chi connectivity index (χ1) is 6.44. The molecule has 0 fully saturated rings. The minimum Gasteiger partial charge on any atom is -0.467 e. The molecule has 0 bridgehead atoms. The van der Waals surface area contributed by atoms with Gasteiger partial charge in [0.25, 0.3) is 0 Å². The summed E-state index contributed by atoms with van der Waals surface area (Å²) in [5.74, 6) is -6.70. The van der Waals surface area contributed by atoms with Crippen molar-refractivity contribution in [3.63, 3.8) is 0 Å². The van der Waals surface area contributed by atoms with Gasteiger partial charge >= 0.3 is 18.1 Å². The van der Waals surface area contributed by atoms with Gasteiger partial charge in [0.05, 0.1) is 13.5 Å². The van der Waals surface area contributed by atoms with Gasteiger partial charge in [0.2, 0.25) is 0 Å². The molecule has 0 saturated carbocycles. The zero-order valence-electron chi connectivity index (χ0n) is 7.86. The van der Waals surface area contributed by atoms with Crippen molar-refractivity contribution in [1.29, 1.82) is 0 Å². The van der Waals surface area contributed by atoms with Crippen LogP contribution in [0.3, 0.4) is 0 Å². The van der Waals surface area contributed by atoms with Crippen LogP contribution >= 0.6 is 0 Å². The van der Waals surface area contributed by atoms with Crippen molar-refractivity contribution in [2.75, 3.05) is 7.11 Å². The highest BCUT2D eigenvalue weighted by atomic mass is 19.4. The Bertz CT molecular complexity index is 246. The first-order valence-corrected chi connectivity index (χ1v) is 3.69. The molecule has 0 aliphatic heterocycles. The standard InChI is InChI=1S/C7H9F5O3/c1-5(14,4(13)15-2)3-6(8,9)7(10,11)12/h14H,3H2,1-2H3. The molecule has 0 amide bonds.